The van der Waals surface area contributed by atoms with Crippen molar-refractivity contribution < 1.29 is 9.53 Å². The molecule has 0 aliphatic carbocycles. The summed E-state index contributed by atoms with van der Waals surface area (Å²) < 4.78 is 7.94. The number of nitrogens with zero attached hydrogens (tertiary/aromatic N) is 5. The van der Waals surface area contributed by atoms with Crippen molar-refractivity contribution in [2.24, 2.45) is 7.05 Å². The van der Waals surface area contributed by atoms with Crippen molar-refractivity contribution in [3.8, 4) is 11.8 Å². The molecule has 0 unspecified atom stereocenters. The molecule has 2 aromatic rings. The lowest BCUT2D eigenvalue weighted by molar-refractivity contribution is 0.0763. The van der Waals surface area contributed by atoms with Gasteiger partial charge in [-0.2, -0.15) is 5.26 Å². The fraction of sp³-hybridized carbons (Fsp3) is 0.450. The van der Waals surface area contributed by atoms with Crippen LogP contribution in [-0.2, 0) is 7.05 Å². The number of ether oxygens (including phenoxy) is 1. The monoisotopic (exact) mass is 365 g/mol. The lowest BCUT2D eigenvalue weighted by Crippen LogP contribution is -2.32. The minimum Gasteiger partial charge on any atom is -0.485 e. The molecule has 7 heteroatoms. The highest BCUT2D eigenvalue weighted by Gasteiger charge is 2.30. The molecule has 2 fully saturated rings. The smallest absolute Gasteiger partial charge is 0.270 e. The summed E-state index contributed by atoms with van der Waals surface area (Å²) in [5.41, 5.74) is 1.03. The molecule has 2 aliphatic heterocycles. The number of anilines is 1. The first kappa shape index (κ1) is 17.4. The Labute approximate surface area is 158 Å². The van der Waals surface area contributed by atoms with Crippen LogP contribution in [0.1, 0.15) is 35.3 Å². The molecule has 1 amide bonds. The number of pyridine rings is 1. The molecule has 2 aromatic heterocycles. The normalized spacial score (nSPS) is 19.3. The molecular weight excluding hydrogens is 342 g/mol. The number of carbonyl (C=O) groups excluding carboxylic acids is 1. The molecule has 0 saturated carbocycles. The SMILES string of the molecule is Cn1cc(C#N)cc1C(=O)N1CC[C@@H](Oc2cccnc2N2CCCC2)C1. The van der Waals surface area contributed by atoms with E-state index in [1.807, 2.05) is 12.1 Å². The van der Waals surface area contributed by atoms with Gasteiger partial charge in [-0.05, 0) is 31.0 Å². The third kappa shape index (κ3) is 3.47. The van der Waals surface area contributed by atoms with Gasteiger partial charge in [0.05, 0.1) is 12.1 Å². The van der Waals surface area contributed by atoms with Crippen LogP contribution in [0.5, 0.6) is 5.75 Å². The van der Waals surface area contributed by atoms with Crippen LogP contribution in [0.4, 0.5) is 5.82 Å². The van der Waals surface area contributed by atoms with Crippen LogP contribution >= 0.6 is 0 Å². The standard InChI is InChI=1S/C20H23N5O2/c1-23-13-15(12-21)11-17(23)20(26)25-10-6-16(14-25)27-18-5-4-7-22-19(18)24-8-2-3-9-24/h4-5,7,11,13,16H,2-3,6,8-10,14H2,1H3/t16-/m1/s1. The predicted octanol–water partition coefficient (Wildman–Crippen LogP) is 2.19. The van der Waals surface area contributed by atoms with Crippen molar-refractivity contribution in [1.82, 2.24) is 14.5 Å². The Morgan fingerprint density at radius 3 is 2.89 bits per heavy atom. The average molecular weight is 365 g/mol. The van der Waals surface area contributed by atoms with E-state index in [9.17, 15) is 4.79 Å². The molecule has 7 nitrogen and oxygen atoms in total. The number of nitriles is 1. The zero-order chi connectivity index (χ0) is 18.8. The van der Waals surface area contributed by atoms with Crippen molar-refractivity contribution in [3.63, 3.8) is 0 Å². The minimum absolute atomic E-state index is 0.0461. The third-order valence-corrected chi connectivity index (χ3v) is 5.24. The maximum atomic E-state index is 12.8. The summed E-state index contributed by atoms with van der Waals surface area (Å²) in [6.07, 6.45) is 6.58. The maximum absolute atomic E-state index is 12.8. The second-order valence-electron chi connectivity index (χ2n) is 7.14. The third-order valence-electron chi connectivity index (χ3n) is 5.24. The summed E-state index contributed by atoms with van der Waals surface area (Å²) in [6.45, 7) is 3.21. The van der Waals surface area contributed by atoms with Crippen molar-refractivity contribution in [2.75, 3.05) is 31.1 Å². The molecule has 0 spiro atoms. The highest BCUT2D eigenvalue weighted by atomic mass is 16.5. The lowest BCUT2D eigenvalue weighted by atomic mass is 10.3. The van der Waals surface area contributed by atoms with E-state index in [4.69, 9.17) is 10.00 Å². The zero-order valence-corrected chi connectivity index (χ0v) is 15.5. The first-order valence-electron chi connectivity index (χ1n) is 9.38. The van der Waals surface area contributed by atoms with Gasteiger partial charge >= 0.3 is 0 Å². The van der Waals surface area contributed by atoms with Gasteiger partial charge in [-0.3, -0.25) is 4.79 Å². The van der Waals surface area contributed by atoms with Crippen LogP contribution in [0.3, 0.4) is 0 Å². The van der Waals surface area contributed by atoms with Gasteiger partial charge in [0.25, 0.3) is 5.91 Å². The topological polar surface area (TPSA) is 74.4 Å². The van der Waals surface area contributed by atoms with Crippen LogP contribution in [0.25, 0.3) is 0 Å². The Morgan fingerprint density at radius 1 is 1.33 bits per heavy atom. The number of aryl methyl sites for hydroxylation is 1. The minimum atomic E-state index is -0.0592. The Bertz CT molecular complexity index is 879. The molecule has 4 rings (SSSR count). The number of rotatable bonds is 4. The molecule has 0 radical (unpaired) electrons. The molecule has 0 aromatic carbocycles. The van der Waals surface area contributed by atoms with Gasteiger partial charge in [0.1, 0.15) is 17.9 Å². The van der Waals surface area contributed by atoms with E-state index in [0.717, 1.165) is 31.1 Å². The molecular formula is C20H23N5O2. The average Bonchev–Trinajstić information content (AvgIpc) is 3.42. The van der Waals surface area contributed by atoms with Gasteiger partial charge in [-0.25, -0.2) is 4.98 Å². The van der Waals surface area contributed by atoms with E-state index in [2.05, 4.69) is 16.0 Å². The van der Waals surface area contributed by atoms with Gasteiger partial charge in [0.15, 0.2) is 11.6 Å². The van der Waals surface area contributed by atoms with E-state index >= 15 is 0 Å². The fourth-order valence-electron chi connectivity index (χ4n) is 3.83. The number of amides is 1. The fourth-order valence-corrected chi connectivity index (χ4v) is 3.83. The summed E-state index contributed by atoms with van der Waals surface area (Å²) in [5, 5.41) is 9.03. The van der Waals surface area contributed by atoms with Crippen LogP contribution in [-0.4, -0.2) is 52.6 Å². The molecule has 0 bridgehead atoms. The van der Waals surface area contributed by atoms with Gasteiger partial charge in [-0.15, -0.1) is 0 Å². The Morgan fingerprint density at radius 2 is 2.15 bits per heavy atom. The van der Waals surface area contributed by atoms with Crippen LogP contribution < -0.4 is 9.64 Å². The summed E-state index contributed by atoms with van der Waals surface area (Å²) in [6, 6.07) is 7.57. The van der Waals surface area contributed by atoms with Crippen molar-refractivity contribution >= 4 is 11.7 Å². The predicted molar refractivity (Wildman–Crippen MR) is 101 cm³/mol. The van der Waals surface area contributed by atoms with Gasteiger partial charge in [0.2, 0.25) is 0 Å². The van der Waals surface area contributed by atoms with Crippen molar-refractivity contribution in [1.29, 1.82) is 5.26 Å². The number of likely N-dealkylation sites (tertiary alicyclic amines) is 1. The van der Waals surface area contributed by atoms with E-state index in [-0.39, 0.29) is 12.0 Å². The van der Waals surface area contributed by atoms with Gasteiger partial charge < -0.3 is 19.1 Å². The highest BCUT2D eigenvalue weighted by molar-refractivity contribution is 5.93. The van der Waals surface area contributed by atoms with Gasteiger partial charge in [-0.1, -0.05) is 0 Å². The van der Waals surface area contributed by atoms with Crippen molar-refractivity contribution in [3.05, 3.63) is 41.9 Å². The van der Waals surface area contributed by atoms with Crippen LogP contribution in [0, 0.1) is 11.3 Å². The maximum Gasteiger partial charge on any atom is 0.270 e. The Hall–Kier alpha value is -3.01. The summed E-state index contributed by atoms with van der Waals surface area (Å²) >= 11 is 0. The lowest BCUT2D eigenvalue weighted by Gasteiger charge is -2.22. The molecule has 1 atom stereocenters. The van der Waals surface area contributed by atoms with Gasteiger partial charge in [0, 0.05) is 45.5 Å². The number of hydrogen-bond donors (Lipinski definition) is 0. The van der Waals surface area contributed by atoms with E-state index in [1.54, 1.807) is 35.0 Å². The molecule has 4 heterocycles. The van der Waals surface area contributed by atoms with Crippen LogP contribution in [0.2, 0.25) is 0 Å². The number of aromatic nitrogens is 2. The molecule has 2 saturated heterocycles. The number of carbonyl (C=O) groups is 1. The first-order valence-corrected chi connectivity index (χ1v) is 9.38. The Kier molecular flexibility index (Phi) is 4.71. The Balaban J connectivity index is 1.44. The zero-order valence-electron chi connectivity index (χ0n) is 15.5. The summed E-state index contributed by atoms with van der Waals surface area (Å²) in [5.74, 6) is 1.64. The molecule has 0 N–H and O–H groups in total. The largest absolute Gasteiger partial charge is 0.485 e. The molecule has 27 heavy (non-hydrogen) atoms. The number of hydrogen-bond acceptors (Lipinski definition) is 5. The second-order valence-corrected chi connectivity index (χ2v) is 7.14. The highest BCUT2D eigenvalue weighted by Crippen LogP contribution is 2.30. The first-order chi connectivity index (χ1) is 13.2. The summed E-state index contributed by atoms with van der Waals surface area (Å²) in [4.78, 5) is 21.4. The van der Waals surface area contributed by atoms with Crippen molar-refractivity contribution in [2.45, 2.75) is 25.4 Å². The van der Waals surface area contributed by atoms with E-state index in [1.165, 1.54) is 12.8 Å². The van der Waals surface area contributed by atoms with Crippen LogP contribution in [0.15, 0.2) is 30.6 Å². The second kappa shape index (κ2) is 7.31. The molecule has 140 valence electrons. The van der Waals surface area contributed by atoms with E-state index in [0.29, 0.717) is 24.3 Å². The molecule has 2 aliphatic rings. The summed E-state index contributed by atoms with van der Waals surface area (Å²) in [7, 11) is 1.79. The quantitative estimate of drug-likeness (QED) is 0.830. The van der Waals surface area contributed by atoms with E-state index < -0.39 is 0 Å².